The molecule has 1 saturated heterocycles. The average molecular weight is 390 g/mol. The Morgan fingerprint density at radius 3 is 2.96 bits per heavy atom. The van der Waals surface area contributed by atoms with Crippen molar-refractivity contribution in [3.63, 3.8) is 0 Å². The maximum atomic E-state index is 4.84. The molecule has 5 rings (SSSR count). The summed E-state index contributed by atoms with van der Waals surface area (Å²) < 4.78 is 3.17. The van der Waals surface area contributed by atoms with E-state index >= 15 is 0 Å². The predicted octanol–water partition coefficient (Wildman–Crippen LogP) is 4.24. The van der Waals surface area contributed by atoms with E-state index in [0.717, 1.165) is 36.0 Å². The zero-order valence-corrected chi connectivity index (χ0v) is 16.5. The second-order valence-corrected chi connectivity index (χ2v) is 8.26. The molecule has 1 unspecified atom stereocenters. The minimum atomic E-state index is 0.481. The molecule has 28 heavy (non-hydrogen) atoms. The number of nitrogens with one attached hydrogen (secondary N) is 1. The lowest BCUT2D eigenvalue weighted by molar-refractivity contribution is 0.421. The van der Waals surface area contributed by atoms with Crippen LogP contribution in [0, 0.1) is 0 Å². The summed E-state index contributed by atoms with van der Waals surface area (Å²) in [6, 6.07) is 19.4. The Hall–Kier alpha value is -2.70. The zero-order valence-electron chi connectivity index (χ0n) is 15.7. The van der Waals surface area contributed by atoms with Gasteiger partial charge in [-0.2, -0.15) is 5.10 Å². The summed E-state index contributed by atoms with van der Waals surface area (Å²) in [5.41, 5.74) is 3.49. The van der Waals surface area contributed by atoms with Crippen LogP contribution in [0.15, 0.2) is 67.0 Å². The van der Waals surface area contributed by atoms with E-state index in [1.54, 1.807) is 11.3 Å². The van der Waals surface area contributed by atoms with Gasteiger partial charge in [0.2, 0.25) is 0 Å². The molecule has 1 aliphatic rings. The molecule has 1 N–H and O–H groups in total. The first-order valence-corrected chi connectivity index (χ1v) is 10.6. The number of hydrogen-bond acceptors (Lipinski definition) is 5. The van der Waals surface area contributed by atoms with Crippen LogP contribution in [0.1, 0.15) is 18.4 Å². The van der Waals surface area contributed by atoms with Crippen LogP contribution < -0.4 is 10.2 Å². The molecule has 0 amide bonds. The van der Waals surface area contributed by atoms with E-state index in [0.29, 0.717) is 6.04 Å². The first-order chi connectivity index (χ1) is 13.8. The van der Waals surface area contributed by atoms with Crippen molar-refractivity contribution in [3.8, 4) is 5.69 Å². The Balaban J connectivity index is 1.24. The molecular weight excluding hydrogens is 366 g/mol. The van der Waals surface area contributed by atoms with Gasteiger partial charge < -0.3 is 10.2 Å². The first kappa shape index (κ1) is 17.4. The van der Waals surface area contributed by atoms with Crippen molar-refractivity contribution in [1.29, 1.82) is 0 Å². The fraction of sp³-hybridized carbons (Fsp3) is 0.273. The summed E-state index contributed by atoms with van der Waals surface area (Å²) in [6.45, 7) is 2.97. The fourth-order valence-electron chi connectivity index (χ4n) is 3.81. The third-order valence-corrected chi connectivity index (χ3v) is 6.35. The average Bonchev–Trinajstić information content (AvgIpc) is 3.43. The molecule has 0 aliphatic carbocycles. The van der Waals surface area contributed by atoms with Crippen molar-refractivity contribution in [2.45, 2.75) is 25.4 Å². The largest absolute Gasteiger partial charge is 0.347 e. The maximum absolute atomic E-state index is 4.84. The van der Waals surface area contributed by atoms with Crippen molar-refractivity contribution in [1.82, 2.24) is 20.1 Å². The molecule has 0 bridgehead atoms. The molecule has 2 aromatic carbocycles. The Kier molecular flexibility index (Phi) is 4.81. The van der Waals surface area contributed by atoms with Gasteiger partial charge in [0.05, 0.1) is 15.9 Å². The lowest BCUT2D eigenvalue weighted by atomic mass is 10.1. The summed E-state index contributed by atoms with van der Waals surface area (Å²) in [7, 11) is 0. The zero-order chi connectivity index (χ0) is 18.8. The highest BCUT2D eigenvalue weighted by atomic mass is 32.1. The number of rotatable bonds is 5. The van der Waals surface area contributed by atoms with E-state index in [9.17, 15) is 0 Å². The Bertz CT molecular complexity index is 1020. The summed E-state index contributed by atoms with van der Waals surface area (Å²) >= 11 is 1.80. The minimum Gasteiger partial charge on any atom is -0.347 e. The number of nitrogens with zero attached hydrogens (tertiary/aromatic N) is 4. The number of aromatic nitrogens is 3. The van der Waals surface area contributed by atoms with E-state index < -0.39 is 0 Å². The highest BCUT2D eigenvalue weighted by Gasteiger charge is 2.22. The number of fused-ring (bicyclic) bond motifs is 1. The predicted molar refractivity (Wildman–Crippen MR) is 115 cm³/mol. The van der Waals surface area contributed by atoms with Crippen LogP contribution in [0.3, 0.4) is 0 Å². The molecule has 5 nitrogen and oxygen atoms in total. The first-order valence-electron chi connectivity index (χ1n) is 9.78. The van der Waals surface area contributed by atoms with Gasteiger partial charge in [-0.05, 0) is 48.7 Å². The number of anilines is 1. The SMILES string of the molecule is c1cc(CNC2CCCN(c3nc4ccccc4s3)C2)cc(-n2cccn2)c1. The van der Waals surface area contributed by atoms with E-state index in [-0.39, 0.29) is 0 Å². The van der Waals surface area contributed by atoms with Crippen LogP contribution in [0.25, 0.3) is 15.9 Å². The van der Waals surface area contributed by atoms with Crippen molar-refractivity contribution >= 4 is 26.7 Å². The number of para-hydroxylation sites is 1. The molecule has 142 valence electrons. The Morgan fingerprint density at radius 2 is 2.07 bits per heavy atom. The van der Waals surface area contributed by atoms with Crippen molar-refractivity contribution in [2.75, 3.05) is 18.0 Å². The standard InChI is InChI=1S/C22H23N5S/c1-2-10-21-20(9-1)25-22(28-21)26-12-4-7-18(16-26)23-15-17-6-3-8-19(14-17)27-13-5-11-24-27/h1-3,5-6,8-11,13-14,18,23H,4,7,12,15-16H2. The normalized spacial score (nSPS) is 17.3. The number of piperidine rings is 1. The second kappa shape index (κ2) is 7.73. The molecule has 1 aliphatic heterocycles. The number of thiazole rings is 1. The molecule has 0 spiro atoms. The van der Waals surface area contributed by atoms with Gasteiger partial charge in [0.15, 0.2) is 5.13 Å². The molecule has 0 saturated carbocycles. The van der Waals surface area contributed by atoms with E-state index in [2.05, 4.69) is 63.8 Å². The Labute approximate surface area is 168 Å². The van der Waals surface area contributed by atoms with Gasteiger partial charge in [0, 0.05) is 38.1 Å². The third kappa shape index (κ3) is 3.66. The molecule has 1 atom stereocenters. The summed E-state index contributed by atoms with van der Waals surface area (Å²) in [5.74, 6) is 0. The Morgan fingerprint density at radius 1 is 1.11 bits per heavy atom. The second-order valence-electron chi connectivity index (χ2n) is 7.25. The van der Waals surface area contributed by atoms with Gasteiger partial charge in [0.25, 0.3) is 0 Å². The maximum Gasteiger partial charge on any atom is 0.186 e. The molecule has 3 heterocycles. The summed E-state index contributed by atoms with van der Waals surface area (Å²) in [4.78, 5) is 7.27. The van der Waals surface area contributed by atoms with Gasteiger partial charge in [-0.25, -0.2) is 9.67 Å². The molecule has 0 radical (unpaired) electrons. The fourth-order valence-corrected chi connectivity index (χ4v) is 4.81. The minimum absolute atomic E-state index is 0.481. The van der Waals surface area contributed by atoms with Crippen molar-refractivity contribution in [3.05, 3.63) is 72.6 Å². The van der Waals surface area contributed by atoms with Gasteiger partial charge in [-0.15, -0.1) is 0 Å². The van der Waals surface area contributed by atoms with Crippen LogP contribution in [-0.2, 0) is 6.54 Å². The van der Waals surface area contributed by atoms with Gasteiger partial charge >= 0.3 is 0 Å². The smallest absolute Gasteiger partial charge is 0.186 e. The molecule has 1 fully saturated rings. The van der Waals surface area contributed by atoms with Crippen LogP contribution in [0.4, 0.5) is 5.13 Å². The van der Waals surface area contributed by atoms with E-state index in [1.165, 1.54) is 23.1 Å². The van der Waals surface area contributed by atoms with Crippen molar-refractivity contribution in [2.24, 2.45) is 0 Å². The van der Waals surface area contributed by atoms with Crippen molar-refractivity contribution < 1.29 is 0 Å². The molecule has 6 heteroatoms. The lowest BCUT2D eigenvalue weighted by Crippen LogP contribution is -2.45. The van der Waals surface area contributed by atoms with Crippen LogP contribution >= 0.6 is 11.3 Å². The van der Waals surface area contributed by atoms with Gasteiger partial charge in [-0.1, -0.05) is 35.6 Å². The molecule has 4 aromatic rings. The van der Waals surface area contributed by atoms with Crippen LogP contribution in [-0.4, -0.2) is 33.9 Å². The topological polar surface area (TPSA) is 46.0 Å². The van der Waals surface area contributed by atoms with Gasteiger partial charge in [-0.3, -0.25) is 0 Å². The van der Waals surface area contributed by atoms with E-state index in [1.807, 2.05) is 23.1 Å². The third-order valence-electron chi connectivity index (χ3n) is 5.25. The monoisotopic (exact) mass is 389 g/mol. The summed E-state index contributed by atoms with van der Waals surface area (Å²) in [5, 5.41) is 9.22. The van der Waals surface area contributed by atoms with Crippen LogP contribution in [0.2, 0.25) is 0 Å². The lowest BCUT2D eigenvalue weighted by Gasteiger charge is -2.33. The quantitative estimate of drug-likeness (QED) is 0.555. The summed E-state index contributed by atoms with van der Waals surface area (Å²) in [6.07, 6.45) is 6.19. The number of hydrogen-bond donors (Lipinski definition) is 1. The highest BCUT2D eigenvalue weighted by molar-refractivity contribution is 7.22. The van der Waals surface area contributed by atoms with E-state index in [4.69, 9.17) is 4.98 Å². The van der Waals surface area contributed by atoms with Gasteiger partial charge in [0.1, 0.15) is 0 Å². The molecule has 2 aromatic heterocycles. The molecular formula is C22H23N5S. The number of benzene rings is 2. The highest BCUT2D eigenvalue weighted by Crippen LogP contribution is 2.30. The van der Waals surface area contributed by atoms with Crippen LogP contribution in [0.5, 0.6) is 0 Å².